The number of hydrogen-bond acceptors (Lipinski definition) is 4. The molecule has 1 aromatic heterocycles. The molecule has 1 aromatic carbocycles. The Hall–Kier alpha value is -2.21. The molecule has 0 aliphatic carbocycles. The van der Waals surface area contributed by atoms with E-state index in [0.717, 1.165) is 11.1 Å². The van der Waals surface area contributed by atoms with Crippen molar-refractivity contribution in [3.63, 3.8) is 0 Å². The Kier molecular flexibility index (Phi) is 3.70. The van der Waals surface area contributed by atoms with Gasteiger partial charge < -0.3 is 14.8 Å². The van der Waals surface area contributed by atoms with Crippen LogP contribution < -0.4 is 14.8 Å². The SMILES string of the molecule is COc1cc(Cl)cc(C2CC(=O)Nc3nn(C)cc32)c1OC. The number of ether oxygens (including phenoxy) is 2. The largest absolute Gasteiger partial charge is 0.493 e. The van der Waals surface area contributed by atoms with Gasteiger partial charge >= 0.3 is 0 Å². The predicted octanol–water partition coefficient (Wildman–Crippen LogP) is 2.56. The number of halogens is 1. The molecule has 116 valence electrons. The van der Waals surface area contributed by atoms with Crippen molar-refractivity contribution in [1.29, 1.82) is 0 Å². The van der Waals surface area contributed by atoms with Crippen LogP contribution in [-0.4, -0.2) is 29.9 Å². The Labute approximate surface area is 133 Å². The van der Waals surface area contributed by atoms with Gasteiger partial charge in [0.25, 0.3) is 0 Å². The average Bonchev–Trinajstić information content (AvgIpc) is 2.85. The topological polar surface area (TPSA) is 65.4 Å². The van der Waals surface area contributed by atoms with Gasteiger partial charge in [0.15, 0.2) is 17.3 Å². The van der Waals surface area contributed by atoms with Crippen LogP contribution in [-0.2, 0) is 11.8 Å². The van der Waals surface area contributed by atoms with Crippen LogP contribution in [0.2, 0.25) is 5.02 Å². The van der Waals surface area contributed by atoms with Gasteiger partial charge in [0.1, 0.15) is 0 Å². The summed E-state index contributed by atoms with van der Waals surface area (Å²) in [6.45, 7) is 0. The van der Waals surface area contributed by atoms with Gasteiger partial charge in [-0.3, -0.25) is 9.48 Å². The fraction of sp³-hybridized carbons (Fsp3) is 0.333. The number of carbonyl (C=O) groups excluding carboxylic acids is 1. The highest BCUT2D eigenvalue weighted by Crippen LogP contribution is 2.45. The van der Waals surface area contributed by atoms with E-state index in [-0.39, 0.29) is 11.8 Å². The van der Waals surface area contributed by atoms with Crippen molar-refractivity contribution >= 4 is 23.3 Å². The van der Waals surface area contributed by atoms with E-state index in [2.05, 4.69) is 10.4 Å². The van der Waals surface area contributed by atoms with Crippen LogP contribution >= 0.6 is 11.6 Å². The minimum absolute atomic E-state index is 0.0859. The molecule has 0 fully saturated rings. The molecular formula is C15H16ClN3O3. The zero-order valence-electron chi connectivity index (χ0n) is 12.5. The summed E-state index contributed by atoms with van der Waals surface area (Å²) in [4.78, 5) is 12.0. The van der Waals surface area contributed by atoms with Crippen LogP contribution in [0.15, 0.2) is 18.3 Å². The molecule has 0 bridgehead atoms. The molecule has 6 nitrogen and oxygen atoms in total. The molecule has 1 N–H and O–H groups in total. The summed E-state index contributed by atoms with van der Waals surface area (Å²) < 4.78 is 12.5. The standard InChI is InChI=1S/C15H16ClN3O3/c1-19-7-11-9(6-13(20)17-15(11)18-19)10-4-8(16)5-12(21-2)14(10)22-3/h4-5,7,9H,6H2,1-3H3,(H,17,18,20). The van der Waals surface area contributed by atoms with Crippen LogP contribution in [0, 0.1) is 0 Å². The third-order valence-electron chi connectivity index (χ3n) is 3.73. The Bertz CT molecular complexity index is 742. The van der Waals surface area contributed by atoms with Gasteiger partial charge in [0.05, 0.1) is 14.2 Å². The van der Waals surface area contributed by atoms with Gasteiger partial charge in [-0.2, -0.15) is 5.10 Å². The number of nitrogens with zero attached hydrogens (tertiary/aromatic N) is 2. The number of anilines is 1. The molecule has 2 heterocycles. The fourth-order valence-corrected chi connectivity index (χ4v) is 3.05. The predicted molar refractivity (Wildman–Crippen MR) is 82.9 cm³/mol. The van der Waals surface area contributed by atoms with Crippen molar-refractivity contribution in [2.45, 2.75) is 12.3 Å². The van der Waals surface area contributed by atoms with E-state index >= 15 is 0 Å². The lowest BCUT2D eigenvalue weighted by Crippen LogP contribution is -2.23. The molecule has 22 heavy (non-hydrogen) atoms. The van der Waals surface area contributed by atoms with E-state index < -0.39 is 0 Å². The smallest absolute Gasteiger partial charge is 0.226 e. The van der Waals surface area contributed by atoms with E-state index in [9.17, 15) is 4.79 Å². The summed E-state index contributed by atoms with van der Waals surface area (Å²) in [6, 6.07) is 3.50. The number of nitrogens with one attached hydrogen (secondary N) is 1. The normalized spacial score (nSPS) is 16.9. The molecule has 1 aliphatic rings. The number of hydrogen-bond donors (Lipinski definition) is 1. The highest BCUT2D eigenvalue weighted by Gasteiger charge is 2.32. The lowest BCUT2D eigenvalue weighted by atomic mass is 9.86. The first kappa shape index (κ1) is 14.7. The molecule has 2 aromatic rings. The van der Waals surface area contributed by atoms with Gasteiger partial charge in [0, 0.05) is 47.8 Å². The van der Waals surface area contributed by atoms with Gasteiger partial charge in [-0.05, 0) is 6.07 Å². The Morgan fingerprint density at radius 2 is 2.09 bits per heavy atom. The minimum atomic E-state index is -0.181. The van der Waals surface area contributed by atoms with Crippen molar-refractivity contribution in [1.82, 2.24) is 9.78 Å². The summed E-state index contributed by atoms with van der Waals surface area (Å²) in [5.74, 6) is 1.43. The summed E-state index contributed by atoms with van der Waals surface area (Å²) >= 11 is 6.19. The van der Waals surface area contributed by atoms with E-state index in [4.69, 9.17) is 21.1 Å². The van der Waals surface area contributed by atoms with Crippen molar-refractivity contribution in [2.75, 3.05) is 19.5 Å². The molecule has 1 amide bonds. The fourth-order valence-electron chi connectivity index (χ4n) is 2.83. The summed E-state index contributed by atoms with van der Waals surface area (Å²) in [6.07, 6.45) is 2.20. The Balaban J connectivity index is 2.19. The lowest BCUT2D eigenvalue weighted by Gasteiger charge is -2.24. The number of aromatic nitrogens is 2. The van der Waals surface area contributed by atoms with Crippen LogP contribution in [0.4, 0.5) is 5.82 Å². The average molecular weight is 322 g/mol. The lowest BCUT2D eigenvalue weighted by molar-refractivity contribution is -0.116. The number of amides is 1. The molecule has 3 rings (SSSR count). The van der Waals surface area contributed by atoms with E-state index in [1.165, 1.54) is 0 Å². The van der Waals surface area contributed by atoms with Gasteiger partial charge in [-0.1, -0.05) is 11.6 Å². The molecule has 7 heteroatoms. The van der Waals surface area contributed by atoms with Crippen molar-refractivity contribution in [2.24, 2.45) is 7.05 Å². The Morgan fingerprint density at radius 1 is 1.32 bits per heavy atom. The third kappa shape index (κ3) is 2.39. The van der Waals surface area contributed by atoms with E-state index in [1.807, 2.05) is 19.3 Å². The van der Waals surface area contributed by atoms with E-state index in [0.29, 0.717) is 28.8 Å². The third-order valence-corrected chi connectivity index (χ3v) is 3.95. The number of carbonyl (C=O) groups is 1. The highest BCUT2D eigenvalue weighted by atomic mass is 35.5. The maximum Gasteiger partial charge on any atom is 0.226 e. The molecule has 0 saturated heterocycles. The molecule has 0 spiro atoms. The minimum Gasteiger partial charge on any atom is -0.493 e. The van der Waals surface area contributed by atoms with Gasteiger partial charge in [-0.15, -0.1) is 0 Å². The molecule has 0 saturated carbocycles. The van der Waals surface area contributed by atoms with Gasteiger partial charge in [-0.25, -0.2) is 0 Å². The first-order valence-electron chi connectivity index (χ1n) is 6.78. The van der Waals surface area contributed by atoms with Crippen molar-refractivity contribution in [3.8, 4) is 11.5 Å². The quantitative estimate of drug-likeness (QED) is 0.943. The second-order valence-corrected chi connectivity index (χ2v) is 5.58. The molecule has 1 unspecified atom stereocenters. The maximum atomic E-state index is 12.0. The first-order chi connectivity index (χ1) is 10.5. The van der Waals surface area contributed by atoms with Crippen LogP contribution in [0.5, 0.6) is 11.5 Å². The summed E-state index contributed by atoms with van der Waals surface area (Å²) in [5, 5.41) is 7.59. The molecular weight excluding hydrogens is 306 g/mol. The van der Waals surface area contributed by atoms with Crippen molar-refractivity contribution < 1.29 is 14.3 Å². The number of fused-ring (bicyclic) bond motifs is 1. The van der Waals surface area contributed by atoms with Gasteiger partial charge in [0.2, 0.25) is 5.91 Å². The van der Waals surface area contributed by atoms with Crippen LogP contribution in [0.3, 0.4) is 0 Å². The molecule has 1 atom stereocenters. The zero-order valence-corrected chi connectivity index (χ0v) is 13.3. The molecule has 0 radical (unpaired) electrons. The molecule has 1 aliphatic heterocycles. The van der Waals surface area contributed by atoms with Crippen LogP contribution in [0.1, 0.15) is 23.5 Å². The van der Waals surface area contributed by atoms with Crippen LogP contribution in [0.25, 0.3) is 0 Å². The Morgan fingerprint density at radius 3 is 2.77 bits per heavy atom. The number of benzene rings is 1. The first-order valence-corrected chi connectivity index (χ1v) is 7.16. The summed E-state index contributed by atoms with van der Waals surface area (Å²) in [7, 11) is 4.95. The number of rotatable bonds is 3. The monoisotopic (exact) mass is 321 g/mol. The van der Waals surface area contributed by atoms with E-state index in [1.54, 1.807) is 25.0 Å². The number of aryl methyl sites for hydroxylation is 1. The summed E-state index contributed by atoms with van der Waals surface area (Å²) in [5.41, 5.74) is 1.75. The second-order valence-electron chi connectivity index (χ2n) is 5.14. The zero-order chi connectivity index (χ0) is 15.9. The second kappa shape index (κ2) is 5.53. The highest BCUT2D eigenvalue weighted by molar-refractivity contribution is 6.30. The number of methoxy groups -OCH3 is 2. The maximum absolute atomic E-state index is 12.0. The van der Waals surface area contributed by atoms with Crippen molar-refractivity contribution in [3.05, 3.63) is 34.5 Å².